The summed E-state index contributed by atoms with van der Waals surface area (Å²) in [4.78, 5) is 23.0. The number of carbonyl (C=O) groups is 2. The maximum atomic E-state index is 11.2. The molecule has 6 nitrogen and oxygen atoms in total. The molecule has 1 fully saturated rings. The fourth-order valence-electron chi connectivity index (χ4n) is 1.50. The molecule has 0 bridgehead atoms. The van der Waals surface area contributed by atoms with Crippen LogP contribution in [0.15, 0.2) is 0 Å². The molecule has 0 aliphatic carbocycles. The van der Waals surface area contributed by atoms with Gasteiger partial charge >= 0.3 is 5.97 Å². The summed E-state index contributed by atoms with van der Waals surface area (Å²) in [5.41, 5.74) is 0. The predicted octanol–water partition coefficient (Wildman–Crippen LogP) is -1.58. The lowest BCUT2D eigenvalue weighted by Gasteiger charge is -2.23. The number of aliphatic carboxylic acids is 1. The van der Waals surface area contributed by atoms with E-state index >= 15 is 0 Å². The van der Waals surface area contributed by atoms with Gasteiger partial charge in [0.25, 0.3) is 0 Å². The van der Waals surface area contributed by atoms with Gasteiger partial charge in [0.15, 0.2) is 0 Å². The fraction of sp³-hybridized carbons (Fsp3) is 0.750. The van der Waals surface area contributed by atoms with Crippen LogP contribution >= 0.6 is 0 Å². The first-order valence-corrected chi connectivity index (χ1v) is 4.37. The van der Waals surface area contributed by atoms with Gasteiger partial charge in [0.05, 0.1) is 12.7 Å². The fourth-order valence-corrected chi connectivity index (χ4v) is 1.50. The first-order chi connectivity index (χ1) is 6.56. The van der Waals surface area contributed by atoms with E-state index in [2.05, 4.69) is 0 Å². The zero-order chi connectivity index (χ0) is 10.7. The number of amides is 1. The minimum Gasteiger partial charge on any atom is -0.480 e. The molecule has 0 aromatic heterocycles. The summed E-state index contributed by atoms with van der Waals surface area (Å²) in [5.74, 6) is -1.36. The molecule has 1 heterocycles. The third-order valence-corrected chi connectivity index (χ3v) is 2.23. The number of hydrogen-bond acceptors (Lipinski definition) is 4. The summed E-state index contributed by atoms with van der Waals surface area (Å²) >= 11 is 0. The van der Waals surface area contributed by atoms with Gasteiger partial charge in [-0.3, -0.25) is 4.79 Å². The molecule has 1 saturated heterocycles. The van der Waals surface area contributed by atoms with Gasteiger partial charge in [0.1, 0.15) is 6.04 Å². The van der Waals surface area contributed by atoms with Crippen LogP contribution in [-0.2, 0) is 9.59 Å². The molecule has 6 heteroatoms. The van der Waals surface area contributed by atoms with Gasteiger partial charge in [-0.15, -0.1) is 0 Å². The van der Waals surface area contributed by atoms with Crippen LogP contribution in [0.3, 0.4) is 0 Å². The van der Waals surface area contributed by atoms with Crippen LogP contribution in [0.2, 0.25) is 0 Å². The summed E-state index contributed by atoms with van der Waals surface area (Å²) in [7, 11) is 0. The Labute approximate surface area is 80.8 Å². The van der Waals surface area contributed by atoms with Crippen molar-refractivity contribution in [1.82, 2.24) is 4.90 Å². The lowest BCUT2D eigenvalue weighted by molar-refractivity contribution is -0.147. The lowest BCUT2D eigenvalue weighted by Crippen LogP contribution is -2.43. The van der Waals surface area contributed by atoms with Crippen molar-refractivity contribution in [2.24, 2.45) is 0 Å². The summed E-state index contributed by atoms with van der Waals surface area (Å²) in [6.45, 7) is -0.595. The van der Waals surface area contributed by atoms with Crippen LogP contribution in [0.4, 0.5) is 0 Å². The summed E-state index contributed by atoms with van der Waals surface area (Å²) < 4.78 is 0. The third kappa shape index (κ3) is 2.21. The van der Waals surface area contributed by atoms with Crippen molar-refractivity contribution in [2.75, 3.05) is 13.2 Å². The number of nitrogens with zero attached hydrogens (tertiary/aromatic N) is 1. The Hall–Kier alpha value is -1.14. The molecule has 0 spiro atoms. The van der Waals surface area contributed by atoms with Crippen LogP contribution in [0.25, 0.3) is 0 Å². The van der Waals surface area contributed by atoms with Crippen molar-refractivity contribution in [1.29, 1.82) is 0 Å². The largest absolute Gasteiger partial charge is 0.480 e. The molecule has 0 aromatic carbocycles. The second-order valence-electron chi connectivity index (χ2n) is 3.28. The number of likely N-dealkylation sites (tertiary alicyclic amines) is 1. The molecule has 1 aliphatic heterocycles. The van der Waals surface area contributed by atoms with Crippen molar-refractivity contribution in [3.63, 3.8) is 0 Å². The quantitative estimate of drug-likeness (QED) is 0.512. The smallest absolute Gasteiger partial charge is 0.326 e. The zero-order valence-electron chi connectivity index (χ0n) is 7.59. The topological polar surface area (TPSA) is 98.1 Å². The van der Waals surface area contributed by atoms with Crippen LogP contribution in [0, 0.1) is 0 Å². The molecular weight excluding hydrogens is 190 g/mol. The van der Waals surface area contributed by atoms with Crippen LogP contribution in [0.1, 0.15) is 12.8 Å². The van der Waals surface area contributed by atoms with E-state index in [0.717, 1.165) is 4.90 Å². The van der Waals surface area contributed by atoms with Gasteiger partial charge in [-0.2, -0.15) is 0 Å². The highest BCUT2D eigenvalue weighted by Gasteiger charge is 2.36. The molecular formula is C8H13NO5. The van der Waals surface area contributed by atoms with E-state index in [1.165, 1.54) is 0 Å². The standard InChI is InChI=1S/C8H13NO5/c10-4-5(11)3-9-6(8(13)14)1-2-7(9)12/h5-6,10-11H,1-4H2,(H,13,14). The Balaban J connectivity index is 2.62. The van der Waals surface area contributed by atoms with E-state index < -0.39 is 24.7 Å². The molecule has 0 aromatic rings. The third-order valence-electron chi connectivity index (χ3n) is 2.23. The van der Waals surface area contributed by atoms with E-state index in [1.807, 2.05) is 0 Å². The predicted molar refractivity (Wildman–Crippen MR) is 45.5 cm³/mol. The number of carboxylic acid groups (broad SMARTS) is 1. The van der Waals surface area contributed by atoms with Crippen LogP contribution in [-0.4, -0.2) is 57.4 Å². The number of carboxylic acids is 1. The molecule has 1 amide bonds. The average molecular weight is 203 g/mol. The highest BCUT2D eigenvalue weighted by Crippen LogP contribution is 2.18. The Morgan fingerprint density at radius 1 is 1.64 bits per heavy atom. The summed E-state index contributed by atoms with van der Waals surface area (Å²) in [6, 6.07) is -0.858. The van der Waals surface area contributed by atoms with Gasteiger partial charge < -0.3 is 20.2 Å². The SMILES string of the molecule is O=C(O)C1CCC(=O)N1CC(O)CO. The molecule has 2 unspecified atom stereocenters. The van der Waals surface area contributed by atoms with E-state index in [-0.39, 0.29) is 25.3 Å². The summed E-state index contributed by atoms with van der Waals surface area (Å²) in [6.07, 6.45) is -0.611. The van der Waals surface area contributed by atoms with Gasteiger partial charge in [0.2, 0.25) is 5.91 Å². The Morgan fingerprint density at radius 2 is 2.29 bits per heavy atom. The van der Waals surface area contributed by atoms with Crippen molar-refractivity contribution < 1.29 is 24.9 Å². The molecule has 14 heavy (non-hydrogen) atoms. The zero-order valence-corrected chi connectivity index (χ0v) is 7.59. The number of aliphatic hydroxyl groups is 2. The first-order valence-electron chi connectivity index (χ1n) is 4.37. The van der Waals surface area contributed by atoms with Crippen molar-refractivity contribution in [3.05, 3.63) is 0 Å². The van der Waals surface area contributed by atoms with Crippen molar-refractivity contribution >= 4 is 11.9 Å². The number of aliphatic hydroxyl groups excluding tert-OH is 2. The molecule has 1 rings (SSSR count). The summed E-state index contributed by atoms with van der Waals surface area (Å²) in [5, 5.41) is 26.4. The normalized spacial score (nSPS) is 24.0. The second kappa shape index (κ2) is 4.39. The van der Waals surface area contributed by atoms with Gasteiger partial charge in [-0.25, -0.2) is 4.79 Å². The Bertz CT molecular complexity index is 242. The number of rotatable bonds is 4. The van der Waals surface area contributed by atoms with Crippen molar-refractivity contribution in [2.45, 2.75) is 25.0 Å². The van der Waals surface area contributed by atoms with Crippen molar-refractivity contribution in [3.8, 4) is 0 Å². The van der Waals surface area contributed by atoms with E-state index in [0.29, 0.717) is 0 Å². The van der Waals surface area contributed by atoms with E-state index in [1.54, 1.807) is 0 Å². The molecule has 0 radical (unpaired) electrons. The van der Waals surface area contributed by atoms with Gasteiger partial charge in [0, 0.05) is 13.0 Å². The Kier molecular flexibility index (Phi) is 3.43. The van der Waals surface area contributed by atoms with E-state index in [9.17, 15) is 9.59 Å². The van der Waals surface area contributed by atoms with E-state index in [4.69, 9.17) is 15.3 Å². The monoisotopic (exact) mass is 203 g/mol. The molecule has 80 valence electrons. The van der Waals surface area contributed by atoms with Crippen LogP contribution in [0.5, 0.6) is 0 Å². The number of carbonyl (C=O) groups excluding carboxylic acids is 1. The van der Waals surface area contributed by atoms with Gasteiger partial charge in [-0.1, -0.05) is 0 Å². The number of hydrogen-bond donors (Lipinski definition) is 3. The molecule has 2 atom stereocenters. The maximum Gasteiger partial charge on any atom is 0.326 e. The van der Waals surface area contributed by atoms with Crippen LogP contribution < -0.4 is 0 Å². The maximum absolute atomic E-state index is 11.2. The molecule has 3 N–H and O–H groups in total. The molecule has 1 aliphatic rings. The minimum atomic E-state index is -1.07. The minimum absolute atomic E-state index is 0.119. The highest BCUT2D eigenvalue weighted by atomic mass is 16.4. The first kappa shape index (κ1) is 10.9. The lowest BCUT2D eigenvalue weighted by atomic mass is 10.2. The highest BCUT2D eigenvalue weighted by molar-refractivity contribution is 5.87. The second-order valence-corrected chi connectivity index (χ2v) is 3.28. The van der Waals surface area contributed by atoms with Gasteiger partial charge in [-0.05, 0) is 6.42 Å². The number of β-amino-alcohol motifs (C(OH)–C–C–N with tert-alkyl or cyclic N) is 1. The Morgan fingerprint density at radius 3 is 2.79 bits per heavy atom. The molecule has 0 saturated carbocycles. The average Bonchev–Trinajstić information content (AvgIpc) is 2.48.